The van der Waals surface area contributed by atoms with E-state index >= 15 is 0 Å². The van der Waals surface area contributed by atoms with Gasteiger partial charge in [0.1, 0.15) is 0 Å². The van der Waals surface area contributed by atoms with E-state index < -0.39 is 0 Å². The van der Waals surface area contributed by atoms with Crippen LogP contribution in [0, 0.1) is 17.8 Å². The first-order valence-corrected chi connectivity index (χ1v) is 12.7. The Morgan fingerprint density at radius 1 is 0.793 bits per heavy atom. The molecule has 0 aromatic rings. The van der Waals surface area contributed by atoms with Crippen molar-refractivity contribution in [3.63, 3.8) is 0 Å². The molecule has 2 unspecified atom stereocenters. The van der Waals surface area contributed by atoms with E-state index in [4.69, 9.17) is 0 Å². The highest BCUT2D eigenvalue weighted by Gasteiger charge is 2.25. The van der Waals surface area contributed by atoms with Crippen LogP contribution in [-0.2, 0) is 0 Å². The maximum atomic E-state index is 2.45. The lowest BCUT2D eigenvalue weighted by atomic mass is 9.73. The molecule has 1 aliphatic rings. The van der Waals surface area contributed by atoms with Crippen LogP contribution in [-0.4, -0.2) is 0 Å². The van der Waals surface area contributed by atoms with E-state index in [2.05, 4.69) is 84.9 Å². The Morgan fingerprint density at radius 3 is 1.72 bits per heavy atom. The van der Waals surface area contributed by atoms with Gasteiger partial charge in [0.2, 0.25) is 0 Å². The summed E-state index contributed by atoms with van der Waals surface area (Å²) in [7, 11) is 0. The van der Waals surface area contributed by atoms with E-state index in [9.17, 15) is 0 Å². The van der Waals surface area contributed by atoms with Gasteiger partial charge >= 0.3 is 0 Å². The zero-order chi connectivity index (χ0) is 23.1. The van der Waals surface area contributed by atoms with E-state index in [1.165, 1.54) is 49.7 Å². The average Bonchev–Trinajstić information content (AvgIpc) is 2.72. The highest BCUT2D eigenvalue weighted by atomic mass is 14.3. The molecule has 2 atom stereocenters. The van der Waals surface area contributed by atoms with Gasteiger partial charge in [0.15, 0.2) is 0 Å². The third kappa shape index (κ3) is 20.0. The Balaban J connectivity index is -0.000000640. The van der Waals surface area contributed by atoms with Crippen LogP contribution in [0.1, 0.15) is 121 Å². The Kier molecular flexibility index (Phi) is 28.1. The summed E-state index contributed by atoms with van der Waals surface area (Å²) in [6.07, 6.45) is 22.9. The van der Waals surface area contributed by atoms with Gasteiger partial charge in [-0.15, -0.1) is 0 Å². The van der Waals surface area contributed by atoms with Gasteiger partial charge in [-0.05, 0) is 38.0 Å². The molecule has 0 aromatic heterocycles. The van der Waals surface area contributed by atoms with Crippen LogP contribution in [0.2, 0.25) is 0 Å². The summed E-state index contributed by atoms with van der Waals surface area (Å²) in [6.45, 7) is 23.8. The SMILES string of the molecule is CC.CC.CC/C=C(C)/C=C/C=C(C)/C=C/C1C(C)CCCC1C.CCCCC. The monoisotopic (exact) mass is 404 g/mol. The van der Waals surface area contributed by atoms with Crippen LogP contribution >= 0.6 is 0 Å². The molecule has 0 amide bonds. The lowest BCUT2D eigenvalue weighted by molar-refractivity contribution is 0.224. The van der Waals surface area contributed by atoms with Gasteiger partial charge in [-0.3, -0.25) is 0 Å². The maximum absolute atomic E-state index is 2.45. The van der Waals surface area contributed by atoms with Crippen LogP contribution < -0.4 is 0 Å². The minimum atomic E-state index is 0.762. The minimum absolute atomic E-state index is 0.762. The summed E-state index contributed by atoms with van der Waals surface area (Å²) >= 11 is 0. The van der Waals surface area contributed by atoms with Crippen molar-refractivity contribution < 1.29 is 0 Å². The Labute approximate surface area is 186 Å². The molecule has 0 spiro atoms. The molecule has 0 heterocycles. The smallest absolute Gasteiger partial charge is 0.0179 e. The van der Waals surface area contributed by atoms with E-state index in [-0.39, 0.29) is 0 Å². The van der Waals surface area contributed by atoms with Crippen molar-refractivity contribution in [2.24, 2.45) is 17.8 Å². The van der Waals surface area contributed by atoms with E-state index in [0.717, 1.165) is 24.2 Å². The Morgan fingerprint density at radius 2 is 1.31 bits per heavy atom. The normalized spacial score (nSPS) is 22.2. The Hall–Kier alpha value is -1.04. The lowest BCUT2D eigenvalue weighted by Crippen LogP contribution is -2.22. The van der Waals surface area contributed by atoms with Gasteiger partial charge in [-0.1, -0.05) is 148 Å². The number of hydrogen-bond acceptors (Lipinski definition) is 0. The second-order valence-electron chi connectivity index (χ2n) is 7.80. The van der Waals surface area contributed by atoms with Crippen LogP contribution in [0.5, 0.6) is 0 Å². The Bertz CT molecular complexity index is 421. The second kappa shape index (κ2) is 25.0. The standard InChI is InChI=1S/C20H32.C5H12.2C2H6/c1-6-9-16(2)10-7-11-17(3)14-15-20-18(4)12-8-13-19(20)5;1-3-5-4-2;2*1-2/h7,9-11,14-15,18-20H,6,8,12-13H2,1-5H3;3-5H2,1-2H3;2*1-2H3/b10-7+,15-14+,16-9+,17-11+;;;. The molecule has 0 nitrogen and oxygen atoms in total. The van der Waals surface area contributed by atoms with E-state index in [1.54, 1.807) is 0 Å². The summed E-state index contributed by atoms with van der Waals surface area (Å²) in [4.78, 5) is 0. The fourth-order valence-electron chi connectivity index (χ4n) is 3.50. The van der Waals surface area contributed by atoms with Gasteiger partial charge in [0, 0.05) is 0 Å². The highest BCUT2D eigenvalue weighted by Crippen LogP contribution is 2.35. The predicted octanol–water partition coefficient (Wildman–Crippen LogP) is 10.7. The fraction of sp³-hybridized carbons (Fsp3) is 0.724. The first-order chi connectivity index (χ1) is 14.0. The molecule has 0 saturated heterocycles. The molecular formula is C29H56. The summed E-state index contributed by atoms with van der Waals surface area (Å²) in [5, 5.41) is 0. The molecule has 1 aliphatic carbocycles. The van der Waals surface area contributed by atoms with Crippen molar-refractivity contribution in [1.29, 1.82) is 0 Å². The molecular weight excluding hydrogens is 348 g/mol. The maximum Gasteiger partial charge on any atom is -0.0179 e. The lowest BCUT2D eigenvalue weighted by Gasteiger charge is -2.32. The quantitative estimate of drug-likeness (QED) is 0.370. The molecule has 0 radical (unpaired) electrons. The molecule has 0 heteroatoms. The third-order valence-electron chi connectivity index (χ3n) is 5.17. The molecule has 0 N–H and O–H groups in total. The number of rotatable bonds is 7. The number of allylic oxidation sites excluding steroid dienone is 8. The van der Waals surface area contributed by atoms with Gasteiger partial charge < -0.3 is 0 Å². The first kappa shape index (κ1) is 32.6. The molecule has 29 heavy (non-hydrogen) atoms. The molecule has 0 aliphatic heterocycles. The average molecular weight is 405 g/mol. The summed E-state index contributed by atoms with van der Waals surface area (Å²) in [6, 6.07) is 0. The van der Waals surface area contributed by atoms with Crippen molar-refractivity contribution in [1.82, 2.24) is 0 Å². The van der Waals surface area contributed by atoms with Crippen LogP contribution in [0.4, 0.5) is 0 Å². The van der Waals surface area contributed by atoms with Gasteiger partial charge in [-0.25, -0.2) is 0 Å². The molecule has 0 bridgehead atoms. The van der Waals surface area contributed by atoms with Crippen LogP contribution in [0.3, 0.4) is 0 Å². The van der Waals surface area contributed by atoms with Gasteiger partial charge in [0.25, 0.3) is 0 Å². The van der Waals surface area contributed by atoms with E-state index in [0.29, 0.717) is 0 Å². The number of unbranched alkanes of at least 4 members (excludes halogenated alkanes) is 2. The van der Waals surface area contributed by atoms with Crippen molar-refractivity contribution in [2.45, 2.75) is 121 Å². The van der Waals surface area contributed by atoms with Crippen LogP contribution in [0.25, 0.3) is 0 Å². The summed E-state index contributed by atoms with van der Waals surface area (Å²) in [5.74, 6) is 2.44. The highest BCUT2D eigenvalue weighted by molar-refractivity contribution is 5.26. The molecule has 1 saturated carbocycles. The molecule has 1 rings (SSSR count). The zero-order valence-electron chi connectivity index (χ0n) is 22.1. The van der Waals surface area contributed by atoms with Crippen LogP contribution in [0.15, 0.2) is 47.6 Å². The summed E-state index contributed by atoms with van der Waals surface area (Å²) in [5.41, 5.74) is 2.69. The van der Waals surface area contributed by atoms with Crippen molar-refractivity contribution in [3.05, 3.63) is 47.6 Å². The third-order valence-corrected chi connectivity index (χ3v) is 5.17. The van der Waals surface area contributed by atoms with Gasteiger partial charge in [0.05, 0.1) is 0 Å². The summed E-state index contributed by atoms with van der Waals surface area (Å²) < 4.78 is 0. The molecule has 172 valence electrons. The topological polar surface area (TPSA) is 0 Å². The first-order valence-electron chi connectivity index (χ1n) is 12.7. The van der Waals surface area contributed by atoms with E-state index in [1.807, 2.05) is 27.7 Å². The molecule has 1 fully saturated rings. The van der Waals surface area contributed by atoms with Gasteiger partial charge in [-0.2, -0.15) is 0 Å². The zero-order valence-corrected chi connectivity index (χ0v) is 22.1. The van der Waals surface area contributed by atoms with Crippen molar-refractivity contribution >= 4 is 0 Å². The second-order valence-corrected chi connectivity index (χ2v) is 7.80. The number of hydrogen-bond donors (Lipinski definition) is 0. The molecule has 0 aromatic carbocycles. The van der Waals surface area contributed by atoms with Crippen molar-refractivity contribution in [2.75, 3.05) is 0 Å². The fourth-order valence-corrected chi connectivity index (χ4v) is 3.50. The predicted molar refractivity (Wildman–Crippen MR) is 140 cm³/mol. The largest absolute Gasteiger partial charge is 0.0819 e. The van der Waals surface area contributed by atoms with Crippen molar-refractivity contribution in [3.8, 4) is 0 Å². The minimum Gasteiger partial charge on any atom is -0.0819 e.